The molecule has 0 aliphatic carbocycles. The van der Waals surface area contributed by atoms with Crippen LogP contribution in [0.15, 0.2) is 72.8 Å². The van der Waals surface area contributed by atoms with Crippen LogP contribution in [-0.2, 0) is 7.05 Å². The van der Waals surface area contributed by atoms with Gasteiger partial charge in [0.15, 0.2) is 0 Å². The average molecular weight is 451 g/mol. The molecule has 3 aromatic carbocycles. The largest absolute Gasteiger partial charge is 1.00 e. The number of benzene rings is 3. The second kappa shape index (κ2) is 7.76. The molecule has 4 rings (SSSR count). The Morgan fingerprint density at radius 2 is 1.27 bits per heavy atom. The van der Waals surface area contributed by atoms with Gasteiger partial charge < -0.3 is 28.7 Å². The summed E-state index contributed by atoms with van der Waals surface area (Å²) in [5, 5.41) is 2.32. The third-order valence-corrected chi connectivity index (χ3v) is 4.50. The highest BCUT2D eigenvalue weighted by Gasteiger charge is 2.15. The summed E-state index contributed by atoms with van der Waals surface area (Å²) >= 11 is 0. The van der Waals surface area contributed by atoms with Crippen LogP contribution >= 0.6 is 0 Å². The molecule has 26 heavy (non-hydrogen) atoms. The van der Waals surface area contributed by atoms with Crippen LogP contribution in [0.5, 0.6) is 5.75 Å². The number of rotatable bonds is 1. The van der Waals surface area contributed by atoms with Gasteiger partial charge in [-0.05, 0) is 24.3 Å². The summed E-state index contributed by atoms with van der Waals surface area (Å²) in [6, 6.07) is 24.6. The molecule has 128 valence electrons. The zero-order chi connectivity index (χ0) is 17.2. The van der Waals surface area contributed by atoms with Crippen LogP contribution in [0.25, 0.3) is 21.8 Å². The van der Waals surface area contributed by atoms with Crippen LogP contribution in [0, 0.1) is 11.8 Å². The van der Waals surface area contributed by atoms with Crippen LogP contribution in [0.4, 0.5) is 0 Å². The number of fused-ring (bicyclic) bond motifs is 2. The quantitative estimate of drug-likeness (QED) is 0.184. The molecule has 0 unspecified atom stereocenters. The Kier molecular flexibility index (Phi) is 5.43. The maximum Gasteiger partial charge on any atom is 0.214 e. The van der Waals surface area contributed by atoms with Crippen molar-refractivity contribution in [2.75, 3.05) is 7.11 Å². The topological polar surface area (TPSA) is 13.1 Å². The molecule has 0 aliphatic rings. The van der Waals surface area contributed by atoms with Crippen molar-refractivity contribution < 1.29 is 33.3 Å². The van der Waals surface area contributed by atoms with Crippen molar-refractivity contribution in [1.29, 1.82) is 0 Å². The SMILES string of the molecule is COc1ccccc1C#Cc1c2ccccc2[n+](C)c2ccccc12.[I-]. The second-order valence-electron chi connectivity index (χ2n) is 5.92. The van der Waals surface area contributed by atoms with Crippen LogP contribution in [0.2, 0.25) is 0 Å². The number of ether oxygens (including phenoxy) is 1. The Balaban J connectivity index is 0.00000196. The predicted molar refractivity (Wildman–Crippen MR) is 102 cm³/mol. The molecule has 2 nitrogen and oxygen atoms in total. The van der Waals surface area contributed by atoms with Gasteiger partial charge in [0, 0.05) is 12.1 Å². The van der Waals surface area contributed by atoms with E-state index in [1.165, 1.54) is 11.0 Å². The second-order valence-corrected chi connectivity index (χ2v) is 5.92. The van der Waals surface area contributed by atoms with E-state index in [9.17, 15) is 0 Å². The molecule has 0 saturated heterocycles. The summed E-state index contributed by atoms with van der Waals surface area (Å²) in [4.78, 5) is 0. The number of nitrogens with zero attached hydrogens (tertiary/aromatic N) is 1. The first-order chi connectivity index (χ1) is 12.3. The third-order valence-electron chi connectivity index (χ3n) is 4.50. The van der Waals surface area contributed by atoms with E-state index in [0.29, 0.717) is 0 Å². The van der Waals surface area contributed by atoms with Crippen molar-refractivity contribution in [2.24, 2.45) is 7.05 Å². The van der Waals surface area contributed by atoms with E-state index < -0.39 is 0 Å². The maximum atomic E-state index is 5.42. The fourth-order valence-electron chi connectivity index (χ4n) is 3.24. The fourth-order valence-corrected chi connectivity index (χ4v) is 3.24. The molecule has 3 heteroatoms. The van der Waals surface area contributed by atoms with E-state index in [1.807, 2.05) is 24.3 Å². The van der Waals surface area contributed by atoms with Gasteiger partial charge in [-0.25, -0.2) is 0 Å². The molecular formula is C23H18INO. The number of hydrogen-bond acceptors (Lipinski definition) is 1. The number of aryl methyl sites for hydroxylation is 1. The third kappa shape index (κ3) is 3.13. The van der Waals surface area contributed by atoms with Gasteiger partial charge in [-0.2, -0.15) is 4.57 Å². The van der Waals surface area contributed by atoms with E-state index in [4.69, 9.17) is 4.74 Å². The molecule has 0 radical (unpaired) electrons. The maximum absolute atomic E-state index is 5.42. The van der Waals surface area contributed by atoms with E-state index in [0.717, 1.165) is 27.6 Å². The highest BCUT2D eigenvalue weighted by Crippen LogP contribution is 2.24. The highest BCUT2D eigenvalue weighted by atomic mass is 127. The van der Waals surface area contributed by atoms with Gasteiger partial charge in [0.25, 0.3) is 0 Å². The van der Waals surface area contributed by atoms with Crippen LogP contribution in [-0.4, -0.2) is 7.11 Å². The number of halogens is 1. The molecule has 0 fully saturated rings. The van der Waals surface area contributed by atoms with Crippen LogP contribution in [0.3, 0.4) is 0 Å². The molecule has 0 atom stereocenters. The zero-order valence-corrected chi connectivity index (χ0v) is 16.8. The number of pyridine rings is 1. The molecule has 0 N–H and O–H groups in total. The summed E-state index contributed by atoms with van der Waals surface area (Å²) < 4.78 is 7.64. The molecule has 4 aromatic rings. The van der Waals surface area contributed by atoms with E-state index >= 15 is 0 Å². The van der Waals surface area contributed by atoms with Crippen molar-refractivity contribution in [3.05, 3.63) is 83.9 Å². The molecule has 1 aromatic heterocycles. The molecule has 0 aliphatic heterocycles. The minimum Gasteiger partial charge on any atom is -1.00 e. The number of methoxy groups -OCH3 is 1. The summed E-state index contributed by atoms with van der Waals surface area (Å²) in [6.07, 6.45) is 0. The van der Waals surface area contributed by atoms with E-state index in [1.54, 1.807) is 7.11 Å². The van der Waals surface area contributed by atoms with Gasteiger partial charge >= 0.3 is 0 Å². The lowest BCUT2D eigenvalue weighted by Gasteiger charge is -2.06. The summed E-state index contributed by atoms with van der Waals surface area (Å²) in [5.74, 6) is 7.50. The summed E-state index contributed by atoms with van der Waals surface area (Å²) in [5.41, 5.74) is 4.29. The van der Waals surface area contributed by atoms with Gasteiger partial charge in [0.2, 0.25) is 11.0 Å². The van der Waals surface area contributed by atoms with Gasteiger partial charge in [-0.15, -0.1) is 0 Å². The first-order valence-electron chi connectivity index (χ1n) is 8.24. The van der Waals surface area contributed by atoms with E-state index in [-0.39, 0.29) is 24.0 Å². The lowest BCUT2D eigenvalue weighted by molar-refractivity contribution is -0.617. The van der Waals surface area contributed by atoms with Gasteiger partial charge in [-0.3, -0.25) is 0 Å². The molecule has 0 amide bonds. The predicted octanol–water partition coefficient (Wildman–Crippen LogP) is 1.23. The number of aromatic nitrogens is 1. The van der Waals surface area contributed by atoms with Crippen molar-refractivity contribution in [1.82, 2.24) is 0 Å². The molecule has 0 saturated carbocycles. The Bertz CT molecular complexity index is 1100. The van der Waals surface area contributed by atoms with Crippen molar-refractivity contribution in [3.8, 4) is 17.6 Å². The van der Waals surface area contributed by atoms with Crippen molar-refractivity contribution in [2.45, 2.75) is 0 Å². The van der Waals surface area contributed by atoms with Crippen LogP contribution < -0.4 is 33.3 Å². The smallest absolute Gasteiger partial charge is 0.214 e. The Morgan fingerprint density at radius 1 is 0.731 bits per heavy atom. The number of para-hydroxylation sites is 3. The normalized spacial score (nSPS) is 10.1. The minimum atomic E-state index is 0. The Labute approximate surface area is 170 Å². The first-order valence-corrected chi connectivity index (χ1v) is 8.24. The monoisotopic (exact) mass is 451 g/mol. The molecule has 1 heterocycles. The van der Waals surface area contributed by atoms with E-state index in [2.05, 4.69) is 72.0 Å². The lowest BCUT2D eigenvalue weighted by Crippen LogP contribution is -3.00. The summed E-state index contributed by atoms with van der Waals surface area (Å²) in [7, 11) is 3.77. The fraction of sp³-hybridized carbons (Fsp3) is 0.0870. The number of hydrogen-bond donors (Lipinski definition) is 0. The highest BCUT2D eigenvalue weighted by molar-refractivity contribution is 5.97. The van der Waals surface area contributed by atoms with Crippen LogP contribution in [0.1, 0.15) is 11.1 Å². The first kappa shape index (κ1) is 18.2. The van der Waals surface area contributed by atoms with Crippen molar-refractivity contribution in [3.63, 3.8) is 0 Å². The van der Waals surface area contributed by atoms with Gasteiger partial charge in [0.1, 0.15) is 12.8 Å². The average Bonchev–Trinajstić information content (AvgIpc) is 2.68. The minimum absolute atomic E-state index is 0. The molecule has 0 bridgehead atoms. The Hall–Kier alpha value is -2.58. The van der Waals surface area contributed by atoms with Gasteiger partial charge in [0.05, 0.1) is 29.0 Å². The van der Waals surface area contributed by atoms with Gasteiger partial charge in [-0.1, -0.05) is 48.2 Å². The zero-order valence-electron chi connectivity index (χ0n) is 14.7. The standard InChI is InChI=1S/C23H18NO.HI/c1-24-21-12-6-4-10-19(21)18(20-11-5-7-13-22(20)24)16-15-17-9-3-8-14-23(17)25-2;/h3-14H,1-2H3;1H/q+1;/p-1. The molecule has 0 spiro atoms. The lowest BCUT2D eigenvalue weighted by atomic mass is 10.0. The van der Waals surface area contributed by atoms with Crippen molar-refractivity contribution >= 4 is 21.8 Å². The molecular weight excluding hydrogens is 433 g/mol. The summed E-state index contributed by atoms with van der Waals surface area (Å²) in [6.45, 7) is 0. The Morgan fingerprint density at radius 3 is 1.88 bits per heavy atom.